The summed E-state index contributed by atoms with van der Waals surface area (Å²) in [6.45, 7) is 3.30. The van der Waals surface area contributed by atoms with Gasteiger partial charge in [-0.15, -0.1) is 0 Å². The number of aromatic carboxylic acids is 1. The molecule has 1 aliphatic heterocycles. The number of rotatable bonds is 5. The van der Waals surface area contributed by atoms with Crippen LogP contribution in [0.5, 0.6) is 0 Å². The maximum Gasteiger partial charge on any atom is 0.337 e. The molecule has 2 N–H and O–H groups in total. The summed E-state index contributed by atoms with van der Waals surface area (Å²) >= 11 is 0. The van der Waals surface area contributed by atoms with E-state index in [1.165, 1.54) is 24.4 Å². The molecule has 2 heterocycles. The number of aryl methyl sites for hydroxylation is 1. The average molecular weight is 461 g/mol. The molecule has 1 amide bonds. The number of nitriles is 1. The summed E-state index contributed by atoms with van der Waals surface area (Å²) in [5, 5.41) is 21.4. The highest BCUT2D eigenvalue weighted by Crippen LogP contribution is 2.35. The summed E-state index contributed by atoms with van der Waals surface area (Å²) in [6.07, 6.45) is 3.10. The third kappa shape index (κ3) is 3.92. The Morgan fingerprint density at radius 3 is 2.61 bits per heavy atom. The van der Waals surface area contributed by atoms with Crippen LogP contribution < -0.4 is 5.32 Å². The zero-order valence-corrected chi connectivity index (χ0v) is 18.6. The van der Waals surface area contributed by atoms with Gasteiger partial charge in [0, 0.05) is 29.3 Å². The Bertz CT molecular complexity index is 1510. The van der Waals surface area contributed by atoms with E-state index in [0.29, 0.717) is 28.1 Å². The predicted molar refractivity (Wildman–Crippen MR) is 122 cm³/mol. The van der Waals surface area contributed by atoms with Gasteiger partial charge in [-0.05, 0) is 49.2 Å². The maximum absolute atomic E-state index is 13.1. The number of hydrogen-bond acceptors (Lipinski definition) is 5. The molecule has 8 nitrogen and oxygen atoms in total. The van der Waals surface area contributed by atoms with Crippen molar-refractivity contribution in [3.05, 3.63) is 82.2 Å². The van der Waals surface area contributed by atoms with Gasteiger partial charge in [-0.2, -0.15) is 5.26 Å². The largest absolute Gasteiger partial charge is 0.478 e. The van der Waals surface area contributed by atoms with Crippen molar-refractivity contribution in [2.24, 2.45) is 0 Å². The summed E-state index contributed by atoms with van der Waals surface area (Å²) in [4.78, 5) is 24.1. The highest BCUT2D eigenvalue weighted by Gasteiger charge is 2.28. The first-order chi connectivity index (χ1) is 15.6. The van der Waals surface area contributed by atoms with Crippen LogP contribution in [0.3, 0.4) is 0 Å². The zero-order valence-electron chi connectivity index (χ0n) is 17.8. The van der Waals surface area contributed by atoms with Gasteiger partial charge < -0.3 is 15.0 Å². The number of nitrogens with zero attached hydrogens (tertiary/aromatic N) is 2. The molecule has 0 unspecified atom stereocenters. The van der Waals surface area contributed by atoms with Crippen LogP contribution in [0, 0.1) is 25.2 Å². The van der Waals surface area contributed by atoms with Crippen LogP contribution >= 0.6 is 0 Å². The first-order valence-corrected chi connectivity index (χ1v) is 11.6. The summed E-state index contributed by atoms with van der Waals surface area (Å²) in [5.74, 6) is -1.84. The molecule has 1 aliphatic rings. The van der Waals surface area contributed by atoms with Gasteiger partial charge in [0.2, 0.25) is 0 Å². The number of carbonyl (C=O) groups is 2. The van der Waals surface area contributed by atoms with Crippen molar-refractivity contribution in [1.82, 2.24) is 4.57 Å². The van der Waals surface area contributed by atoms with Crippen molar-refractivity contribution in [3.8, 4) is 6.07 Å². The first-order valence-electron chi connectivity index (χ1n) is 9.92. The topological polar surface area (TPSA) is 129 Å². The number of fused-ring (bicyclic) bond motifs is 1. The maximum atomic E-state index is 13.1. The second-order valence-electron chi connectivity index (χ2n) is 7.72. The van der Waals surface area contributed by atoms with Gasteiger partial charge in [0.05, 0.1) is 33.4 Å². The molecule has 0 radical (unpaired) electrons. The molecular formula is C24H19N3O5S. The number of aromatic nitrogens is 1. The van der Waals surface area contributed by atoms with Crippen LogP contribution in [-0.2, 0) is 20.4 Å². The minimum atomic E-state index is -3.81. The quantitative estimate of drug-likeness (QED) is 0.559. The number of benzene rings is 2. The van der Waals surface area contributed by atoms with Crippen LogP contribution in [0.1, 0.15) is 38.3 Å². The molecule has 0 aliphatic carbocycles. The van der Waals surface area contributed by atoms with Crippen LogP contribution in [0.2, 0.25) is 0 Å². The smallest absolute Gasteiger partial charge is 0.337 e. The van der Waals surface area contributed by atoms with Crippen LogP contribution in [0.4, 0.5) is 5.69 Å². The normalized spacial score (nSPS) is 14.1. The van der Waals surface area contributed by atoms with Crippen molar-refractivity contribution in [1.29, 1.82) is 5.26 Å². The molecule has 0 bridgehead atoms. The first kappa shape index (κ1) is 22.0. The van der Waals surface area contributed by atoms with Gasteiger partial charge in [-0.1, -0.05) is 18.2 Å². The second-order valence-corrected chi connectivity index (χ2v) is 9.71. The average Bonchev–Trinajstić information content (AvgIpc) is 3.22. The Morgan fingerprint density at radius 1 is 1.21 bits per heavy atom. The number of carboxylic acid groups (broad SMARTS) is 1. The van der Waals surface area contributed by atoms with Gasteiger partial charge in [-0.25, -0.2) is 13.2 Å². The van der Waals surface area contributed by atoms with Crippen molar-refractivity contribution in [2.45, 2.75) is 24.5 Å². The Kier molecular flexibility index (Phi) is 5.39. The van der Waals surface area contributed by atoms with E-state index in [-0.39, 0.29) is 27.3 Å². The molecule has 4 rings (SSSR count). The number of amides is 1. The van der Waals surface area contributed by atoms with E-state index in [1.54, 1.807) is 48.9 Å². The van der Waals surface area contributed by atoms with E-state index in [9.17, 15) is 28.4 Å². The number of carboxylic acids is 1. The number of carbonyl (C=O) groups excluding carboxylic acids is 1. The molecule has 166 valence electrons. The van der Waals surface area contributed by atoms with Gasteiger partial charge in [-0.3, -0.25) is 4.79 Å². The monoisotopic (exact) mass is 461 g/mol. The van der Waals surface area contributed by atoms with E-state index >= 15 is 0 Å². The van der Waals surface area contributed by atoms with Gasteiger partial charge in [0.15, 0.2) is 9.84 Å². The Balaban J connectivity index is 1.77. The fraction of sp³-hybridized carbons (Fsp3) is 0.125. The van der Waals surface area contributed by atoms with Crippen molar-refractivity contribution in [3.63, 3.8) is 0 Å². The Hall–Kier alpha value is -4.16. The summed E-state index contributed by atoms with van der Waals surface area (Å²) in [5.41, 5.74) is 2.90. The SMILES string of the molecule is Cc1cn(/C=C2\C(=O)Nc3ccc(S(=O)(=O)Cc4ccccc4C#N)cc32)c(C)c1C(=O)O. The van der Waals surface area contributed by atoms with E-state index in [0.717, 1.165) is 0 Å². The lowest BCUT2D eigenvalue weighted by atomic mass is 10.1. The summed E-state index contributed by atoms with van der Waals surface area (Å²) in [6, 6.07) is 12.9. The number of sulfone groups is 1. The van der Waals surface area contributed by atoms with Crippen molar-refractivity contribution >= 4 is 39.2 Å². The summed E-state index contributed by atoms with van der Waals surface area (Å²) in [7, 11) is -3.81. The summed E-state index contributed by atoms with van der Waals surface area (Å²) < 4.78 is 27.7. The van der Waals surface area contributed by atoms with Gasteiger partial charge in [0.25, 0.3) is 5.91 Å². The minimum absolute atomic E-state index is 0.0167. The molecule has 0 fully saturated rings. The van der Waals surface area contributed by atoms with Crippen molar-refractivity contribution < 1.29 is 23.1 Å². The van der Waals surface area contributed by atoms with E-state index < -0.39 is 21.7 Å². The van der Waals surface area contributed by atoms with E-state index in [4.69, 9.17) is 0 Å². The molecule has 0 atom stereocenters. The lowest BCUT2D eigenvalue weighted by molar-refractivity contribution is -0.110. The predicted octanol–water partition coefficient (Wildman–Crippen LogP) is 3.60. The standard InChI is InChI=1S/C24H19N3O5S/c1-14-11-27(15(2)22(14)24(29)30)12-20-19-9-18(7-8-21(19)26-23(20)28)33(31,32)13-17-6-4-3-5-16(17)10-25/h3-9,11-12H,13H2,1-2H3,(H,26,28)(H,29,30)/b20-12-. The molecule has 2 aromatic carbocycles. The van der Waals surface area contributed by atoms with E-state index in [2.05, 4.69) is 5.32 Å². The molecule has 1 aromatic heterocycles. The van der Waals surface area contributed by atoms with Gasteiger partial charge >= 0.3 is 5.97 Å². The fourth-order valence-corrected chi connectivity index (χ4v) is 5.31. The number of nitrogens with one attached hydrogen (secondary N) is 1. The van der Waals surface area contributed by atoms with Crippen molar-refractivity contribution in [2.75, 3.05) is 5.32 Å². The van der Waals surface area contributed by atoms with Crippen LogP contribution in [0.25, 0.3) is 11.8 Å². The molecule has 3 aromatic rings. The molecule has 0 spiro atoms. The third-order valence-corrected chi connectivity index (χ3v) is 7.24. The zero-order chi connectivity index (χ0) is 23.9. The minimum Gasteiger partial charge on any atom is -0.478 e. The molecule has 0 saturated heterocycles. The highest BCUT2D eigenvalue weighted by atomic mass is 32.2. The van der Waals surface area contributed by atoms with E-state index in [1.807, 2.05) is 6.07 Å². The highest BCUT2D eigenvalue weighted by molar-refractivity contribution is 7.90. The lowest BCUT2D eigenvalue weighted by Crippen LogP contribution is -2.07. The van der Waals surface area contributed by atoms with Crippen LogP contribution in [0.15, 0.2) is 53.6 Å². The Morgan fingerprint density at radius 2 is 1.94 bits per heavy atom. The fourth-order valence-electron chi connectivity index (χ4n) is 3.91. The van der Waals surface area contributed by atoms with Crippen LogP contribution in [-0.4, -0.2) is 30.0 Å². The molecular weight excluding hydrogens is 442 g/mol. The molecule has 0 saturated carbocycles. The molecule has 33 heavy (non-hydrogen) atoms. The third-order valence-electron chi connectivity index (χ3n) is 5.57. The Labute approximate surface area is 190 Å². The number of hydrogen-bond donors (Lipinski definition) is 2. The molecule has 9 heteroatoms. The number of anilines is 1. The lowest BCUT2D eigenvalue weighted by Gasteiger charge is -2.08. The van der Waals surface area contributed by atoms with Gasteiger partial charge in [0.1, 0.15) is 0 Å². The second kappa shape index (κ2) is 8.07.